The zero-order valence-corrected chi connectivity index (χ0v) is 12.9. The lowest BCUT2D eigenvalue weighted by molar-refractivity contribution is 0.0360. The van der Waals surface area contributed by atoms with Gasteiger partial charge in [-0.2, -0.15) is 0 Å². The van der Waals surface area contributed by atoms with Gasteiger partial charge in [0.1, 0.15) is 17.0 Å². The number of hydrogen-bond acceptors (Lipinski definition) is 4. The third kappa shape index (κ3) is 2.67. The van der Waals surface area contributed by atoms with Crippen LogP contribution in [0.4, 0.5) is 0 Å². The van der Waals surface area contributed by atoms with E-state index in [9.17, 15) is 4.79 Å². The van der Waals surface area contributed by atoms with Gasteiger partial charge in [0.15, 0.2) is 0 Å². The second-order valence-electron chi connectivity index (χ2n) is 6.35. The molecule has 23 heavy (non-hydrogen) atoms. The van der Waals surface area contributed by atoms with Gasteiger partial charge >= 0.3 is 0 Å². The molecule has 1 fully saturated rings. The molecule has 1 aliphatic heterocycles. The number of ether oxygens (including phenoxy) is 1. The van der Waals surface area contributed by atoms with Crippen LogP contribution in [0, 0.1) is 0 Å². The van der Waals surface area contributed by atoms with E-state index in [1.807, 2.05) is 24.3 Å². The number of benzene rings is 1. The highest BCUT2D eigenvalue weighted by Crippen LogP contribution is 2.46. The number of carbonyl (C=O) groups is 1. The Morgan fingerprint density at radius 1 is 1.22 bits per heavy atom. The standard InChI is InChI=1S/C18H19N3O2/c22-17(15-12-19-9-10-20-15)21-14-11-18(7-3-4-8-18)23-16-6-2-1-5-13(14)16/h1-2,5-6,9-10,12,14H,3-4,7-8,11H2,(H,21,22). The fourth-order valence-corrected chi connectivity index (χ4v) is 3.72. The molecule has 1 aromatic carbocycles. The molecular weight excluding hydrogens is 290 g/mol. The Morgan fingerprint density at radius 3 is 2.83 bits per heavy atom. The smallest absolute Gasteiger partial charge is 0.271 e. The summed E-state index contributed by atoms with van der Waals surface area (Å²) in [5, 5.41) is 3.12. The highest BCUT2D eigenvalue weighted by atomic mass is 16.5. The van der Waals surface area contributed by atoms with Crippen molar-refractivity contribution in [1.82, 2.24) is 15.3 Å². The summed E-state index contributed by atoms with van der Waals surface area (Å²) in [6.45, 7) is 0. The molecule has 5 nitrogen and oxygen atoms in total. The first-order valence-electron chi connectivity index (χ1n) is 8.11. The van der Waals surface area contributed by atoms with Crippen molar-refractivity contribution in [3.05, 3.63) is 54.1 Å². The lowest BCUT2D eigenvalue weighted by Gasteiger charge is -2.40. The first kappa shape index (κ1) is 14.2. The second kappa shape index (κ2) is 5.65. The number of nitrogens with one attached hydrogen (secondary N) is 1. The summed E-state index contributed by atoms with van der Waals surface area (Å²) in [5.41, 5.74) is 1.26. The SMILES string of the molecule is O=C(NC1CC2(CCCC2)Oc2ccccc21)c1cnccn1. The van der Waals surface area contributed by atoms with Crippen molar-refractivity contribution >= 4 is 5.91 Å². The van der Waals surface area contributed by atoms with E-state index in [0.717, 1.165) is 30.6 Å². The molecule has 1 atom stereocenters. The van der Waals surface area contributed by atoms with Crippen LogP contribution in [0.2, 0.25) is 0 Å². The first-order chi connectivity index (χ1) is 11.3. The molecule has 0 radical (unpaired) electrons. The van der Waals surface area contributed by atoms with Crippen molar-refractivity contribution in [2.75, 3.05) is 0 Å². The topological polar surface area (TPSA) is 64.1 Å². The summed E-state index contributed by atoms with van der Waals surface area (Å²) in [5.74, 6) is 0.707. The van der Waals surface area contributed by atoms with Crippen molar-refractivity contribution in [2.45, 2.75) is 43.7 Å². The molecule has 2 heterocycles. The van der Waals surface area contributed by atoms with E-state index in [-0.39, 0.29) is 17.6 Å². The molecule has 1 unspecified atom stereocenters. The van der Waals surface area contributed by atoms with Crippen LogP contribution in [-0.2, 0) is 0 Å². The lowest BCUT2D eigenvalue weighted by atomic mass is 9.86. The van der Waals surface area contributed by atoms with Gasteiger partial charge in [0.2, 0.25) is 0 Å². The number of fused-ring (bicyclic) bond motifs is 1. The van der Waals surface area contributed by atoms with Crippen LogP contribution in [0.5, 0.6) is 5.75 Å². The molecule has 1 aromatic heterocycles. The highest BCUT2D eigenvalue weighted by Gasteiger charge is 2.43. The zero-order valence-electron chi connectivity index (χ0n) is 12.9. The van der Waals surface area contributed by atoms with Crippen molar-refractivity contribution < 1.29 is 9.53 Å². The van der Waals surface area contributed by atoms with Gasteiger partial charge in [-0.25, -0.2) is 4.98 Å². The fourth-order valence-electron chi connectivity index (χ4n) is 3.72. The van der Waals surface area contributed by atoms with E-state index in [1.165, 1.54) is 25.2 Å². The number of nitrogens with zero attached hydrogens (tertiary/aromatic N) is 2. The quantitative estimate of drug-likeness (QED) is 0.926. The summed E-state index contributed by atoms with van der Waals surface area (Å²) < 4.78 is 6.32. The Balaban J connectivity index is 1.63. The maximum Gasteiger partial charge on any atom is 0.271 e. The molecule has 0 saturated heterocycles. The molecule has 1 aliphatic carbocycles. The molecule has 4 rings (SSSR count). The molecule has 2 aliphatic rings. The van der Waals surface area contributed by atoms with Crippen LogP contribution >= 0.6 is 0 Å². The van der Waals surface area contributed by atoms with Crippen molar-refractivity contribution in [3.8, 4) is 5.75 Å². The Labute approximate surface area is 135 Å². The van der Waals surface area contributed by atoms with Crippen LogP contribution in [0.15, 0.2) is 42.9 Å². The summed E-state index contributed by atoms with van der Waals surface area (Å²) >= 11 is 0. The van der Waals surface area contributed by atoms with Crippen molar-refractivity contribution in [2.24, 2.45) is 0 Å². The van der Waals surface area contributed by atoms with Crippen LogP contribution in [-0.4, -0.2) is 21.5 Å². The monoisotopic (exact) mass is 309 g/mol. The molecule has 1 saturated carbocycles. The Bertz CT molecular complexity index is 711. The van der Waals surface area contributed by atoms with E-state index >= 15 is 0 Å². The Morgan fingerprint density at radius 2 is 2.04 bits per heavy atom. The minimum absolute atomic E-state index is 0.0486. The number of amides is 1. The van der Waals surface area contributed by atoms with Gasteiger partial charge in [0.05, 0.1) is 12.2 Å². The molecule has 5 heteroatoms. The molecule has 1 amide bonds. The van der Waals surface area contributed by atoms with E-state index in [2.05, 4.69) is 15.3 Å². The minimum Gasteiger partial charge on any atom is -0.487 e. The third-order valence-corrected chi connectivity index (χ3v) is 4.81. The molecule has 1 spiro atoms. The third-order valence-electron chi connectivity index (χ3n) is 4.81. The first-order valence-corrected chi connectivity index (χ1v) is 8.11. The molecular formula is C18H19N3O2. The molecule has 2 aromatic rings. The molecule has 0 bridgehead atoms. The molecule has 1 N–H and O–H groups in total. The normalized spacial score (nSPS) is 21.5. The number of carbonyl (C=O) groups excluding carboxylic acids is 1. The van der Waals surface area contributed by atoms with Crippen LogP contribution in [0.25, 0.3) is 0 Å². The second-order valence-corrected chi connectivity index (χ2v) is 6.35. The van der Waals surface area contributed by atoms with Crippen LogP contribution in [0.1, 0.15) is 54.2 Å². The zero-order chi connectivity index (χ0) is 15.7. The van der Waals surface area contributed by atoms with Gasteiger partial charge in [-0.05, 0) is 31.7 Å². The van der Waals surface area contributed by atoms with Crippen LogP contribution < -0.4 is 10.1 Å². The lowest BCUT2D eigenvalue weighted by Crippen LogP contribution is -2.43. The van der Waals surface area contributed by atoms with Gasteiger partial charge in [0, 0.05) is 24.4 Å². The average Bonchev–Trinajstić information content (AvgIpc) is 3.03. The highest BCUT2D eigenvalue weighted by molar-refractivity contribution is 5.92. The summed E-state index contributed by atoms with van der Waals surface area (Å²) in [6, 6.07) is 7.94. The van der Waals surface area contributed by atoms with E-state index in [0.29, 0.717) is 5.69 Å². The Hall–Kier alpha value is -2.43. The van der Waals surface area contributed by atoms with Crippen molar-refractivity contribution in [1.29, 1.82) is 0 Å². The van der Waals surface area contributed by atoms with Gasteiger partial charge in [0.25, 0.3) is 5.91 Å². The average molecular weight is 309 g/mol. The van der Waals surface area contributed by atoms with E-state index in [1.54, 1.807) is 6.20 Å². The van der Waals surface area contributed by atoms with Crippen molar-refractivity contribution in [3.63, 3.8) is 0 Å². The number of hydrogen-bond donors (Lipinski definition) is 1. The predicted molar refractivity (Wildman–Crippen MR) is 85.1 cm³/mol. The Kier molecular flexibility index (Phi) is 3.48. The van der Waals surface area contributed by atoms with E-state index < -0.39 is 0 Å². The van der Waals surface area contributed by atoms with Gasteiger partial charge in [-0.3, -0.25) is 9.78 Å². The van der Waals surface area contributed by atoms with Gasteiger partial charge in [-0.1, -0.05) is 18.2 Å². The predicted octanol–water partition coefficient (Wildman–Crippen LogP) is 3.04. The fraction of sp³-hybridized carbons (Fsp3) is 0.389. The van der Waals surface area contributed by atoms with Gasteiger partial charge in [-0.15, -0.1) is 0 Å². The summed E-state index contributed by atoms with van der Waals surface area (Å²) in [6.07, 6.45) is 9.89. The maximum absolute atomic E-state index is 12.5. The summed E-state index contributed by atoms with van der Waals surface area (Å²) in [4.78, 5) is 20.5. The number of rotatable bonds is 2. The maximum atomic E-state index is 12.5. The van der Waals surface area contributed by atoms with E-state index in [4.69, 9.17) is 4.74 Å². The minimum atomic E-state index is -0.187. The summed E-state index contributed by atoms with van der Waals surface area (Å²) in [7, 11) is 0. The van der Waals surface area contributed by atoms with Crippen LogP contribution in [0.3, 0.4) is 0 Å². The number of aromatic nitrogens is 2. The van der Waals surface area contributed by atoms with Gasteiger partial charge < -0.3 is 10.1 Å². The molecule has 118 valence electrons. The number of para-hydroxylation sites is 1. The largest absolute Gasteiger partial charge is 0.487 e.